The van der Waals surface area contributed by atoms with E-state index in [2.05, 4.69) is 10.1 Å². The average Bonchev–Trinajstić information content (AvgIpc) is 2.47. The van der Waals surface area contributed by atoms with Gasteiger partial charge in [-0.1, -0.05) is 23.4 Å². The van der Waals surface area contributed by atoms with Gasteiger partial charge in [-0.05, 0) is 0 Å². The topological polar surface area (TPSA) is 77.3 Å². The van der Waals surface area contributed by atoms with E-state index in [-0.39, 0.29) is 0 Å². The largest absolute Gasteiger partial charge is 0.377 e. The van der Waals surface area contributed by atoms with Crippen molar-refractivity contribution in [1.82, 2.24) is 4.98 Å². The summed E-state index contributed by atoms with van der Waals surface area (Å²) in [4.78, 5) is 4.03. The van der Waals surface area contributed by atoms with Gasteiger partial charge in [0.25, 0.3) is 0 Å². The molecule has 4 nitrogen and oxygen atoms in total. The van der Waals surface area contributed by atoms with E-state index in [1.165, 1.54) is 23.1 Å². The molecule has 0 aliphatic carbocycles. The van der Waals surface area contributed by atoms with Gasteiger partial charge in [0.15, 0.2) is 9.63 Å². The van der Waals surface area contributed by atoms with Crippen LogP contribution in [0.5, 0.6) is 0 Å². The maximum absolute atomic E-state index is 5.62. The molecule has 0 bridgehead atoms. The van der Waals surface area contributed by atoms with Crippen molar-refractivity contribution in [3.8, 4) is 0 Å². The second-order valence-corrected chi connectivity index (χ2v) is 4.28. The molecule has 0 aliphatic rings. The van der Waals surface area contributed by atoms with E-state index in [0.717, 1.165) is 5.69 Å². The Morgan fingerprint density at radius 3 is 3.08 bits per heavy atom. The van der Waals surface area contributed by atoms with Crippen LogP contribution in [0.3, 0.4) is 0 Å². The molecule has 0 fully saturated rings. The fourth-order valence-corrected chi connectivity index (χ4v) is 1.94. The van der Waals surface area contributed by atoms with Gasteiger partial charge in [-0.2, -0.15) is 5.10 Å². The number of rotatable bonds is 2. The lowest BCUT2D eigenvalue weighted by molar-refractivity contribution is 1.23. The second kappa shape index (κ2) is 4.54. The zero-order valence-corrected chi connectivity index (χ0v) is 8.42. The van der Waals surface area contributed by atoms with E-state index in [1.54, 1.807) is 0 Å². The third-order valence-electron chi connectivity index (χ3n) is 1.02. The first kappa shape index (κ1) is 9.63. The number of thioether (sulfide) groups is 1. The first-order valence-electron chi connectivity index (χ1n) is 2.98. The van der Waals surface area contributed by atoms with Crippen molar-refractivity contribution in [3.63, 3.8) is 0 Å². The molecule has 0 aliphatic heterocycles. The van der Waals surface area contributed by atoms with E-state index in [4.69, 9.17) is 23.2 Å². The number of nitrogens with two attached hydrogens (primary N) is 2. The zero-order valence-electron chi connectivity index (χ0n) is 6.03. The molecule has 0 aromatic carbocycles. The highest BCUT2D eigenvalue weighted by atomic mass is 35.5. The number of nitrogens with zero attached hydrogens (tertiary/aromatic N) is 2. The molecule has 1 aromatic rings. The molecule has 0 radical (unpaired) electrons. The van der Waals surface area contributed by atoms with Gasteiger partial charge in [0.2, 0.25) is 0 Å². The van der Waals surface area contributed by atoms with Crippen LogP contribution in [-0.4, -0.2) is 10.2 Å². The molecule has 1 heterocycles. The van der Waals surface area contributed by atoms with Gasteiger partial charge in [0, 0.05) is 11.1 Å². The van der Waals surface area contributed by atoms with Crippen LogP contribution in [0.1, 0.15) is 5.69 Å². The van der Waals surface area contributed by atoms with Crippen molar-refractivity contribution in [2.45, 2.75) is 5.75 Å². The van der Waals surface area contributed by atoms with E-state index in [9.17, 15) is 0 Å². The molecule has 0 spiro atoms. The van der Waals surface area contributed by atoms with E-state index < -0.39 is 0 Å². The summed E-state index contributed by atoms with van der Waals surface area (Å²) in [7, 11) is 0. The summed E-state index contributed by atoms with van der Waals surface area (Å²) in [6.45, 7) is 0. The molecule has 0 unspecified atom stereocenters. The number of thiazole rings is 1. The van der Waals surface area contributed by atoms with Crippen LogP contribution in [-0.2, 0) is 5.75 Å². The SMILES string of the molecule is N/N=C(\N)SCc1csc(Cl)n1. The average molecular weight is 223 g/mol. The smallest absolute Gasteiger partial charge is 0.183 e. The Kier molecular flexibility index (Phi) is 3.64. The lowest BCUT2D eigenvalue weighted by Crippen LogP contribution is -2.09. The van der Waals surface area contributed by atoms with Crippen LogP contribution in [0.2, 0.25) is 4.47 Å². The molecule has 0 atom stereocenters. The van der Waals surface area contributed by atoms with E-state index in [1.807, 2.05) is 5.38 Å². The minimum Gasteiger partial charge on any atom is -0.377 e. The number of hydrogen-bond acceptors (Lipinski definition) is 5. The van der Waals surface area contributed by atoms with Gasteiger partial charge in [-0.15, -0.1) is 11.3 Å². The summed E-state index contributed by atoms with van der Waals surface area (Å²) in [5.41, 5.74) is 6.25. The Labute approximate surface area is 83.0 Å². The van der Waals surface area contributed by atoms with Crippen LogP contribution in [0, 0.1) is 0 Å². The highest BCUT2D eigenvalue weighted by molar-refractivity contribution is 8.13. The monoisotopic (exact) mass is 222 g/mol. The van der Waals surface area contributed by atoms with Crippen LogP contribution < -0.4 is 11.6 Å². The number of hydrazone groups is 1. The highest BCUT2D eigenvalue weighted by Gasteiger charge is 2.00. The lowest BCUT2D eigenvalue weighted by Gasteiger charge is -1.94. The quantitative estimate of drug-likeness (QED) is 0.341. The van der Waals surface area contributed by atoms with Crippen LogP contribution >= 0.6 is 34.7 Å². The Bertz CT molecular complexity index is 285. The summed E-state index contributed by atoms with van der Waals surface area (Å²) in [6, 6.07) is 0. The Morgan fingerprint density at radius 2 is 2.58 bits per heavy atom. The molecule has 1 rings (SSSR count). The predicted molar refractivity (Wildman–Crippen MR) is 54.2 cm³/mol. The van der Waals surface area contributed by atoms with Crippen LogP contribution in [0.25, 0.3) is 0 Å². The summed E-state index contributed by atoms with van der Waals surface area (Å²) in [5.74, 6) is 5.59. The van der Waals surface area contributed by atoms with E-state index in [0.29, 0.717) is 15.4 Å². The normalized spacial score (nSPS) is 11.9. The Morgan fingerprint density at radius 1 is 1.83 bits per heavy atom. The lowest BCUT2D eigenvalue weighted by atomic mass is 10.6. The molecule has 1 aromatic heterocycles. The first-order chi connectivity index (χ1) is 5.72. The zero-order chi connectivity index (χ0) is 8.97. The standard InChI is InChI=1S/C5H7ClN4S2/c6-4-9-3(1-11-4)2-12-5(7)10-8/h1H,2,8H2,(H2,7,10). The van der Waals surface area contributed by atoms with Crippen molar-refractivity contribution in [3.05, 3.63) is 15.5 Å². The molecular formula is C5H7ClN4S2. The van der Waals surface area contributed by atoms with Crippen molar-refractivity contribution >= 4 is 39.9 Å². The molecule has 4 N–H and O–H groups in total. The van der Waals surface area contributed by atoms with Gasteiger partial charge < -0.3 is 11.6 Å². The molecule has 0 saturated heterocycles. The first-order valence-corrected chi connectivity index (χ1v) is 5.22. The summed E-state index contributed by atoms with van der Waals surface area (Å²) < 4.78 is 0.536. The molecule has 0 saturated carbocycles. The van der Waals surface area contributed by atoms with Crippen molar-refractivity contribution in [2.75, 3.05) is 0 Å². The maximum Gasteiger partial charge on any atom is 0.183 e. The fraction of sp³-hybridized carbons (Fsp3) is 0.200. The summed E-state index contributed by atoms with van der Waals surface area (Å²) >= 11 is 8.35. The number of amidine groups is 1. The maximum atomic E-state index is 5.62. The van der Waals surface area contributed by atoms with Gasteiger partial charge in [0.1, 0.15) is 0 Å². The summed E-state index contributed by atoms with van der Waals surface area (Å²) in [5, 5.41) is 5.53. The van der Waals surface area contributed by atoms with Gasteiger partial charge in [-0.3, -0.25) is 0 Å². The van der Waals surface area contributed by atoms with E-state index >= 15 is 0 Å². The number of halogens is 1. The summed E-state index contributed by atoms with van der Waals surface area (Å²) in [6.07, 6.45) is 0. The number of aromatic nitrogens is 1. The van der Waals surface area contributed by atoms with Crippen molar-refractivity contribution in [1.29, 1.82) is 0 Å². The molecular weight excluding hydrogens is 216 g/mol. The molecule has 12 heavy (non-hydrogen) atoms. The fourth-order valence-electron chi connectivity index (χ4n) is 0.534. The molecule has 66 valence electrons. The minimum absolute atomic E-state index is 0.346. The van der Waals surface area contributed by atoms with Crippen LogP contribution in [0.4, 0.5) is 0 Å². The predicted octanol–water partition coefficient (Wildman–Crippen LogP) is 1.22. The van der Waals surface area contributed by atoms with Gasteiger partial charge >= 0.3 is 0 Å². The second-order valence-electron chi connectivity index (χ2n) is 1.85. The Balaban J connectivity index is 2.43. The van der Waals surface area contributed by atoms with Crippen molar-refractivity contribution in [2.24, 2.45) is 16.7 Å². The third kappa shape index (κ3) is 2.88. The Hall–Kier alpha value is -0.460. The van der Waals surface area contributed by atoms with Crippen molar-refractivity contribution < 1.29 is 0 Å². The molecule has 0 amide bonds. The third-order valence-corrected chi connectivity index (χ3v) is 2.89. The minimum atomic E-state index is 0.346. The van der Waals surface area contributed by atoms with Gasteiger partial charge in [0.05, 0.1) is 5.69 Å². The van der Waals surface area contributed by atoms with Crippen LogP contribution in [0.15, 0.2) is 10.5 Å². The molecule has 7 heteroatoms. The number of hydrogen-bond donors (Lipinski definition) is 2. The highest BCUT2D eigenvalue weighted by Crippen LogP contribution is 2.18. The van der Waals surface area contributed by atoms with Gasteiger partial charge in [-0.25, -0.2) is 4.98 Å².